The average Bonchev–Trinajstić information content (AvgIpc) is 2.79. The second kappa shape index (κ2) is 5.07. The van der Waals surface area contributed by atoms with E-state index < -0.39 is 0 Å². The quantitative estimate of drug-likeness (QED) is 0.799. The first kappa shape index (κ1) is 12.4. The van der Waals surface area contributed by atoms with Crippen molar-refractivity contribution >= 4 is 33.4 Å². The maximum Gasteiger partial charge on any atom is 0.256 e. The summed E-state index contributed by atoms with van der Waals surface area (Å²) in [6.45, 7) is 0.625. The first-order valence-corrected chi connectivity index (χ1v) is 6.46. The lowest BCUT2D eigenvalue weighted by atomic mass is 10.2. The Morgan fingerprint density at radius 3 is 3.06 bits per heavy atom. The fraction of sp³-hybridized carbons (Fsp3) is 0.333. The van der Waals surface area contributed by atoms with Gasteiger partial charge in [-0.3, -0.25) is 4.79 Å². The third kappa shape index (κ3) is 2.46. The van der Waals surface area contributed by atoms with E-state index in [0.29, 0.717) is 17.1 Å². The number of halogens is 2. The highest BCUT2D eigenvalue weighted by atomic mass is 79.9. The lowest BCUT2D eigenvalue weighted by molar-refractivity contribution is 0.0765. The van der Waals surface area contributed by atoms with Crippen LogP contribution < -0.4 is 0 Å². The number of carbonyl (C=O) groups excluding carboxylic acids is 1. The third-order valence-electron chi connectivity index (χ3n) is 2.82. The van der Waals surface area contributed by atoms with Gasteiger partial charge in [-0.05, 0) is 31.0 Å². The van der Waals surface area contributed by atoms with Gasteiger partial charge in [0.05, 0.1) is 16.7 Å². The fourth-order valence-electron chi connectivity index (χ4n) is 1.96. The van der Waals surface area contributed by atoms with E-state index in [1.807, 2.05) is 0 Å². The summed E-state index contributed by atoms with van der Waals surface area (Å²) in [5.74, 6) is -0.166. The smallest absolute Gasteiger partial charge is 0.256 e. The predicted octanol–water partition coefficient (Wildman–Crippen LogP) is 3.23. The molecule has 2 rings (SSSR count). The van der Waals surface area contributed by atoms with Crippen LogP contribution in [-0.4, -0.2) is 23.4 Å². The minimum absolute atomic E-state index is 0.166. The molecule has 1 saturated heterocycles. The lowest BCUT2D eigenvalue weighted by Gasteiger charge is -2.20. The van der Waals surface area contributed by atoms with Gasteiger partial charge < -0.3 is 4.90 Å². The van der Waals surface area contributed by atoms with E-state index in [1.54, 1.807) is 23.1 Å². The third-order valence-corrected chi connectivity index (χ3v) is 3.64. The van der Waals surface area contributed by atoms with E-state index in [2.05, 4.69) is 22.0 Å². The van der Waals surface area contributed by atoms with Crippen molar-refractivity contribution in [3.63, 3.8) is 0 Å². The molecule has 1 fully saturated rings. The van der Waals surface area contributed by atoms with Gasteiger partial charge in [-0.1, -0.05) is 27.5 Å². The van der Waals surface area contributed by atoms with Crippen LogP contribution in [0.5, 0.6) is 0 Å². The Balaban J connectivity index is 2.31. The van der Waals surface area contributed by atoms with Crippen molar-refractivity contribution in [3.05, 3.63) is 33.3 Å². The Bertz CT molecular complexity index is 498. The highest BCUT2D eigenvalue weighted by molar-refractivity contribution is 9.10. The highest BCUT2D eigenvalue weighted by Crippen LogP contribution is 2.26. The Hall–Kier alpha value is -1.05. The molecule has 1 heterocycles. The predicted molar refractivity (Wildman–Crippen MR) is 68.8 cm³/mol. The summed E-state index contributed by atoms with van der Waals surface area (Å²) in [7, 11) is 0. The summed E-state index contributed by atoms with van der Waals surface area (Å²) in [6, 6.07) is 6.98. The molecule has 1 aromatic rings. The van der Waals surface area contributed by atoms with E-state index in [0.717, 1.165) is 17.3 Å². The normalized spacial score (nSPS) is 19.1. The summed E-state index contributed by atoms with van der Waals surface area (Å²) >= 11 is 9.32. The molecular formula is C12H10BrClN2O. The zero-order valence-electron chi connectivity index (χ0n) is 8.99. The van der Waals surface area contributed by atoms with Crippen LogP contribution >= 0.6 is 27.5 Å². The molecule has 1 unspecified atom stereocenters. The summed E-state index contributed by atoms with van der Waals surface area (Å²) in [5.41, 5.74) is 0.447. The van der Waals surface area contributed by atoms with Crippen molar-refractivity contribution < 1.29 is 4.79 Å². The highest BCUT2D eigenvalue weighted by Gasteiger charge is 2.30. The summed E-state index contributed by atoms with van der Waals surface area (Å²) in [5, 5.41) is 9.39. The molecule has 3 nitrogen and oxygen atoms in total. The van der Waals surface area contributed by atoms with E-state index in [-0.39, 0.29) is 11.9 Å². The summed E-state index contributed by atoms with van der Waals surface area (Å²) in [4.78, 5) is 13.8. The van der Waals surface area contributed by atoms with E-state index in [4.69, 9.17) is 16.9 Å². The molecule has 1 aliphatic rings. The molecule has 0 aliphatic carbocycles. The standard InChI is InChI=1S/C12H10BrClN2O/c13-8-3-4-11(14)10(6-8)12(17)16-5-1-2-9(16)7-15/h3-4,6,9H,1-2,5H2. The number of likely N-dealkylation sites (tertiary alicyclic amines) is 1. The van der Waals surface area contributed by atoms with Crippen LogP contribution in [0.25, 0.3) is 0 Å². The first-order valence-electron chi connectivity index (χ1n) is 5.29. The van der Waals surface area contributed by atoms with Gasteiger partial charge in [0.1, 0.15) is 6.04 Å². The Morgan fingerprint density at radius 1 is 1.59 bits per heavy atom. The maximum atomic E-state index is 12.3. The van der Waals surface area contributed by atoms with Crippen molar-refractivity contribution in [3.8, 4) is 6.07 Å². The fourth-order valence-corrected chi connectivity index (χ4v) is 2.52. The largest absolute Gasteiger partial charge is 0.323 e. The second-order valence-corrected chi connectivity index (χ2v) is 5.23. The zero-order chi connectivity index (χ0) is 12.4. The van der Waals surface area contributed by atoms with Crippen molar-refractivity contribution in [2.24, 2.45) is 0 Å². The zero-order valence-corrected chi connectivity index (χ0v) is 11.3. The van der Waals surface area contributed by atoms with Crippen LogP contribution in [0.1, 0.15) is 23.2 Å². The molecule has 0 bridgehead atoms. The molecule has 0 N–H and O–H groups in total. The van der Waals surface area contributed by atoms with Crippen LogP contribution in [0.3, 0.4) is 0 Å². The molecule has 1 aliphatic heterocycles. The topological polar surface area (TPSA) is 44.1 Å². The number of hydrogen-bond acceptors (Lipinski definition) is 2. The van der Waals surface area contributed by atoms with Gasteiger partial charge in [-0.25, -0.2) is 0 Å². The van der Waals surface area contributed by atoms with Crippen LogP contribution in [-0.2, 0) is 0 Å². The van der Waals surface area contributed by atoms with Crippen LogP contribution in [0.4, 0.5) is 0 Å². The molecule has 1 atom stereocenters. The van der Waals surface area contributed by atoms with E-state index >= 15 is 0 Å². The molecule has 0 spiro atoms. The van der Waals surface area contributed by atoms with Crippen molar-refractivity contribution in [1.29, 1.82) is 5.26 Å². The monoisotopic (exact) mass is 312 g/mol. The number of amides is 1. The lowest BCUT2D eigenvalue weighted by Crippen LogP contribution is -2.34. The molecule has 1 amide bonds. The Kier molecular flexibility index (Phi) is 3.70. The van der Waals surface area contributed by atoms with Crippen molar-refractivity contribution in [2.75, 3.05) is 6.54 Å². The number of carbonyl (C=O) groups is 1. The average molecular weight is 314 g/mol. The Labute approximate surface area is 113 Å². The van der Waals surface area contributed by atoms with Gasteiger partial charge in [0.15, 0.2) is 0 Å². The number of nitrogens with zero attached hydrogens (tertiary/aromatic N) is 2. The molecule has 1 aromatic carbocycles. The molecule has 0 radical (unpaired) electrons. The molecule has 88 valence electrons. The van der Waals surface area contributed by atoms with E-state index in [9.17, 15) is 4.79 Å². The summed E-state index contributed by atoms with van der Waals surface area (Å²) in [6.07, 6.45) is 1.61. The van der Waals surface area contributed by atoms with Gasteiger partial charge in [0.25, 0.3) is 5.91 Å². The van der Waals surface area contributed by atoms with Gasteiger partial charge in [0, 0.05) is 11.0 Å². The van der Waals surface area contributed by atoms with Gasteiger partial charge in [-0.15, -0.1) is 0 Å². The molecule has 17 heavy (non-hydrogen) atoms. The van der Waals surface area contributed by atoms with Crippen molar-refractivity contribution in [1.82, 2.24) is 4.90 Å². The number of benzene rings is 1. The maximum absolute atomic E-state index is 12.3. The number of hydrogen-bond donors (Lipinski definition) is 0. The SMILES string of the molecule is N#CC1CCCN1C(=O)c1cc(Br)ccc1Cl. The molecule has 0 saturated carbocycles. The van der Waals surface area contributed by atoms with Gasteiger partial charge >= 0.3 is 0 Å². The van der Waals surface area contributed by atoms with E-state index in [1.165, 1.54) is 0 Å². The Morgan fingerprint density at radius 2 is 2.35 bits per heavy atom. The van der Waals surface area contributed by atoms with Crippen LogP contribution in [0, 0.1) is 11.3 Å². The van der Waals surface area contributed by atoms with Crippen LogP contribution in [0.15, 0.2) is 22.7 Å². The first-order chi connectivity index (χ1) is 8.13. The summed E-state index contributed by atoms with van der Waals surface area (Å²) < 4.78 is 0.804. The number of nitriles is 1. The minimum Gasteiger partial charge on any atom is -0.323 e. The number of rotatable bonds is 1. The minimum atomic E-state index is -0.322. The second-order valence-electron chi connectivity index (χ2n) is 3.91. The molecule has 5 heteroatoms. The molecular weight excluding hydrogens is 304 g/mol. The van der Waals surface area contributed by atoms with Gasteiger partial charge in [-0.2, -0.15) is 5.26 Å². The molecule has 0 aromatic heterocycles. The van der Waals surface area contributed by atoms with Crippen LogP contribution in [0.2, 0.25) is 5.02 Å². The van der Waals surface area contributed by atoms with Crippen molar-refractivity contribution in [2.45, 2.75) is 18.9 Å². The van der Waals surface area contributed by atoms with Gasteiger partial charge in [0.2, 0.25) is 0 Å².